The minimum atomic E-state index is 0.593. The molecule has 1 heterocycles. The molecule has 0 bridgehead atoms. The van der Waals surface area contributed by atoms with Crippen molar-refractivity contribution in [3.8, 4) is 0 Å². The lowest BCUT2D eigenvalue weighted by Crippen LogP contribution is -2.32. The average Bonchev–Trinajstić information content (AvgIpc) is 2.99. The Morgan fingerprint density at radius 3 is 2.88 bits per heavy atom. The van der Waals surface area contributed by atoms with Gasteiger partial charge in [0.25, 0.3) is 0 Å². The van der Waals surface area contributed by atoms with Crippen molar-refractivity contribution < 1.29 is 0 Å². The van der Waals surface area contributed by atoms with Gasteiger partial charge in [0.05, 0.1) is 12.0 Å². The summed E-state index contributed by atoms with van der Waals surface area (Å²) in [5.74, 6) is 0.934. The maximum Gasteiger partial charge on any atom is 0.0950 e. The fourth-order valence-corrected chi connectivity index (χ4v) is 2.06. The summed E-state index contributed by atoms with van der Waals surface area (Å²) in [6, 6.07) is 0.593. The fraction of sp³-hybridized carbons (Fsp3) is 0.769. The van der Waals surface area contributed by atoms with Crippen molar-refractivity contribution in [2.24, 2.45) is 11.7 Å². The highest BCUT2D eigenvalue weighted by molar-refractivity contribution is 4.97. The van der Waals surface area contributed by atoms with Crippen LogP contribution in [0.15, 0.2) is 12.5 Å². The van der Waals surface area contributed by atoms with Crippen LogP contribution in [0.2, 0.25) is 0 Å². The molecule has 4 nitrogen and oxygen atoms in total. The summed E-state index contributed by atoms with van der Waals surface area (Å²) in [5.41, 5.74) is 6.69. The van der Waals surface area contributed by atoms with Gasteiger partial charge in [-0.05, 0) is 32.6 Å². The number of hydrogen-bond donors (Lipinski definition) is 1. The second-order valence-electron chi connectivity index (χ2n) is 5.36. The van der Waals surface area contributed by atoms with Gasteiger partial charge >= 0.3 is 0 Å². The van der Waals surface area contributed by atoms with Crippen LogP contribution in [-0.4, -0.2) is 33.6 Å². The molecule has 96 valence electrons. The SMILES string of the molecule is CC(C)N(Cc1cn(CCN)cn1)CC1CC1. The Bertz CT molecular complexity index is 341. The van der Waals surface area contributed by atoms with Crippen molar-refractivity contribution in [2.75, 3.05) is 13.1 Å². The molecule has 0 amide bonds. The molecule has 1 aromatic heterocycles. The van der Waals surface area contributed by atoms with Crippen LogP contribution in [0.3, 0.4) is 0 Å². The zero-order valence-corrected chi connectivity index (χ0v) is 11.0. The predicted octanol–water partition coefficient (Wildman–Crippen LogP) is 1.46. The smallest absolute Gasteiger partial charge is 0.0950 e. The summed E-state index contributed by atoms with van der Waals surface area (Å²) in [5, 5.41) is 0. The van der Waals surface area contributed by atoms with Gasteiger partial charge in [0.2, 0.25) is 0 Å². The van der Waals surface area contributed by atoms with Crippen molar-refractivity contribution >= 4 is 0 Å². The van der Waals surface area contributed by atoms with Crippen molar-refractivity contribution in [2.45, 2.75) is 45.8 Å². The van der Waals surface area contributed by atoms with E-state index in [1.165, 1.54) is 19.4 Å². The molecular formula is C13H24N4. The van der Waals surface area contributed by atoms with Gasteiger partial charge in [0.1, 0.15) is 0 Å². The van der Waals surface area contributed by atoms with E-state index >= 15 is 0 Å². The first-order valence-electron chi connectivity index (χ1n) is 6.64. The Labute approximate surface area is 104 Å². The van der Waals surface area contributed by atoms with Crippen molar-refractivity contribution in [3.63, 3.8) is 0 Å². The second kappa shape index (κ2) is 5.65. The second-order valence-corrected chi connectivity index (χ2v) is 5.36. The van der Waals surface area contributed by atoms with Crippen LogP contribution in [0.4, 0.5) is 0 Å². The molecule has 2 rings (SSSR count). The number of rotatable bonds is 7. The minimum Gasteiger partial charge on any atom is -0.336 e. The largest absolute Gasteiger partial charge is 0.336 e. The first-order valence-corrected chi connectivity index (χ1v) is 6.64. The minimum absolute atomic E-state index is 0.593. The van der Waals surface area contributed by atoms with E-state index in [0.717, 1.165) is 24.7 Å². The maximum atomic E-state index is 5.53. The standard InChI is InChI=1S/C13H24N4/c1-11(2)17(7-12-3-4-12)9-13-8-16(6-5-14)10-15-13/h8,10-12H,3-7,9,14H2,1-2H3. The summed E-state index contributed by atoms with van der Waals surface area (Å²) in [6.45, 7) is 8.24. The molecule has 0 aromatic carbocycles. The lowest BCUT2D eigenvalue weighted by molar-refractivity contribution is 0.201. The fourth-order valence-electron chi connectivity index (χ4n) is 2.06. The Balaban J connectivity index is 1.90. The van der Waals surface area contributed by atoms with E-state index in [4.69, 9.17) is 5.73 Å². The molecule has 1 fully saturated rings. The van der Waals surface area contributed by atoms with E-state index in [2.05, 4.69) is 34.5 Å². The Hall–Kier alpha value is -0.870. The summed E-state index contributed by atoms with van der Waals surface area (Å²) < 4.78 is 2.07. The predicted molar refractivity (Wildman–Crippen MR) is 69.6 cm³/mol. The van der Waals surface area contributed by atoms with Crippen LogP contribution in [0, 0.1) is 5.92 Å². The summed E-state index contributed by atoms with van der Waals surface area (Å²) in [4.78, 5) is 6.97. The number of nitrogens with two attached hydrogens (primary N) is 1. The van der Waals surface area contributed by atoms with Gasteiger partial charge in [-0.3, -0.25) is 4.90 Å². The molecule has 1 aliphatic rings. The molecule has 0 unspecified atom stereocenters. The van der Waals surface area contributed by atoms with Crippen molar-refractivity contribution in [3.05, 3.63) is 18.2 Å². The summed E-state index contributed by atoms with van der Waals surface area (Å²) in [7, 11) is 0. The molecule has 0 saturated heterocycles. The monoisotopic (exact) mass is 236 g/mol. The normalized spacial score (nSPS) is 16.1. The summed E-state index contributed by atoms with van der Waals surface area (Å²) in [6.07, 6.45) is 6.82. The molecule has 2 N–H and O–H groups in total. The highest BCUT2D eigenvalue weighted by Crippen LogP contribution is 2.30. The van der Waals surface area contributed by atoms with E-state index in [0.29, 0.717) is 12.6 Å². The van der Waals surface area contributed by atoms with Crippen LogP contribution in [0.1, 0.15) is 32.4 Å². The van der Waals surface area contributed by atoms with Crippen LogP contribution < -0.4 is 5.73 Å². The van der Waals surface area contributed by atoms with Crippen molar-refractivity contribution in [1.29, 1.82) is 0 Å². The maximum absolute atomic E-state index is 5.53. The number of nitrogens with zero attached hydrogens (tertiary/aromatic N) is 3. The van der Waals surface area contributed by atoms with Crippen LogP contribution in [0.25, 0.3) is 0 Å². The molecule has 1 saturated carbocycles. The molecule has 1 aromatic rings. The Morgan fingerprint density at radius 1 is 1.53 bits per heavy atom. The quantitative estimate of drug-likeness (QED) is 0.779. The van der Waals surface area contributed by atoms with Crippen LogP contribution in [-0.2, 0) is 13.1 Å². The highest BCUT2D eigenvalue weighted by atomic mass is 15.2. The van der Waals surface area contributed by atoms with E-state index in [-0.39, 0.29) is 0 Å². The van der Waals surface area contributed by atoms with E-state index in [1.54, 1.807) is 0 Å². The number of aromatic nitrogens is 2. The molecule has 1 aliphatic carbocycles. The molecule has 0 radical (unpaired) electrons. The first kappa shape index (κ1) is 12.6. The molecule has 0 atom stereocenters. The lowest BCUT2D eigenvalue weighted by Gasteiger charge is -2.25. The molecular weight excluding hydrogens is 212 g/mol. The van der Waals surface area contributed by atoms with E-state index in [9.17, 15) is 0 Å². The zero-order valence-electron chi connectivity index (χ0n) is 11.0. The molecule has 0 spiro atoms. The first-order chi connectivity index (χ1) is 8.19. The highest BCUT2D eigenvalue weighted by Gasteiger charge is 2.25. The van der Waals surface area contributed by atoms with Gasteiger partial charge in [-0.25, -0.2) is 4.98 Å². The third-order valence-corrected chi connectivity index (χ3v) is 3.36. The van der Waals surface area contributed by atoms with Gasteiger partial charge in [-0.15, -0.1) is 0 Å². The molecule has 17 heavy (non-hydrogen) atoms. The van der Waals surface area contributed by atoms with Gasteiger partial charge in [0, 0.05) is 38.4 Å². The Kier molecular flexibility index (Phi) is 4.18. The molecule has 4 heteroatoms. The van der Waals surface area contributed by atoms with Gasteiger partial charge in [-0.2, -0.15) is 0 Å². The van der Waals surface area contributed by atoms with Crippen LogP contribution >= 0.6 is 0 Å². The van der Waals surface area contributed by atoms with E-state index < -0.39 is 0 Å². The Morgan fingerprint density at radius 2 is 2.29 bits per heavy atom. The third-order valence-electron chi connectivity index (χ3n) is 3.36. The number of hydrogen-bond acceptors (Lipinski definition) is 3. The van der Waals surface area contributed by atoms with Gasteiger partial charge in [0.15, 0.2) is 0 Å². The van der Waals surface area contributed by atoms with E-state index in [1.807, 2.05) is 6.33 Å². The zero-order chi connectivity index (χ0) is 12.3. The lowest BCUT2D eigenvalue weighted by atomic mass is 10.2. The summed E-state index contributed by atoms with van der Waals surface area (Å²) >= 11 is 0. The number of imidazole rings is 1. The topological polar surface area (TPSA) is 47.1 Å². The average molecular weight is 236 g/mol. The van der Waals surface area contributed by atoms with Gasteiger partial charge < -0.3 is 10.3 Å². The third kappa shape index (κ3) is 3.82. The molecule has 0 aliphatic heterocycles. The van der Waals surface area contributed by atoms with Crippen molar-refractivity contribution in [1.82, 2.24) is 14.5 Å². The van der Waals surface area contributed by atoms with Crippen LogP contribution in [0.5, 0.6) is 0 Å². The van der Waals surface area contributed by atoms with Gasteiger partial charge in [-0.1, -0.05) is 0 Å².